The number of nitrogens with two attached hydrogens (primary N) is 1. The molecule has 0 radical (unpaired) electrons. The van der Waals surface area contributed by atoms with Gasteiger partial charge in [-0.05, 0) is 18.2 Å². The molecule has 1 saturated heterocycles. The fourth-order valence-corrected chi connectivity index (χ4v) is 4.17. The number of benzene rings is 2. The number of alkyl halides is 1. The molecule has 4 rings (SSSR count). The molecule has 12 heteroatoms. The monoisotopic (exact) mass is 511 g/mol. The lowest BCUT2D eigenvalue weighted by molar-refractivity contribution is -0.137. The molecule has 10 nitrogen and oxygen atoms in total. The first-order valence-corrected chi connectivity index (χ1v) is 11.2. The van der Waals surface area contributed by atoms with Gasteiger partial charge in [0.2, 0.25) is 11.8 Å². The average Bonchev–Trinajstić information content (AvgIpc) is 3.45. The number of esters is 1. The number of nitrogens with zero attached hydrogens (tertiary/aromatic N) is 3. The van der Waals surface area contributed by atoms with Gasteiger partial charge in [-0.1, -0.05) is 30.3 Å². The predicted molar refractivity (Wildman–Crippen MR) is 129 cm³/mol. The number of anilines is 1. The van der Waals surface area contributed by atoms with Crippen molar-refractivity contribution in [1.29, 1.82) is 0 Å². The highest BCUT2D eigenvalue weighted by molar-refractivity contribution is 6.04. The number of nitrogens with one attached hydrogen (secondary N) is 1. The third-order valence-electron chi connectivity index (χ3n) is 5.94. The van der Waals surface area contributed by atoms with Crippen LogP contribution in [0.5, 0.6) is 0 Å². The zero-order valence-corrected chi connectivity index (χ0v) is 19.7. The number of carbonyl (C=O) groups excluding carboxylic acids is 4. The first kappa shape index (κ1) is 25.5. The molecule has 192 valence electrons. The van der Waals surface area contributed by atoms with Gasteiger partial charge in [0.1, 0.15) is 18.8 Å². The van der Waals surface area contributed by atoms with E-state index < -0.39 is 41.7 Å². The van der Waals surface area contributed by atoms with Crippen LogP contribution >= 0.6 is 0 Å². The van der Waals surface area contributed by atoms with Gasteiger partial charge >= 0.3 is 5.97 Å². The van der Waals surface area contributed by atoms with E-state index >= 15 is 0 Å². The van der Waals surface area contributed by atoms with Gasteiger partial charge in [-0.25, -0.2) is 13.6 Å². The maximum atomic E-state index is 14.9. The number of aromatic nitrogens is 2. The average molecular weight is 511 g/mol. The Kier molecular flexibility index (Phi) is 7.27. The smallest absolute Gasteiger partial charge is 0.330 e. The Balaban J connectivity index is 1.53. The molecule has 3 aromatic rings. The second kappa shape index (κ2) is 10.6. The SMILES string of the molecule is COC(=O)C=Cc1cccc(NC(=O)[C@@H]2C[C@@H](F)CN2C(=O)Cn2nc(C(N)=O)c3ccccc32)c1F. The number of methoxy groups -OCH3 is 1. The molecule has 0 aliphatic carbocycles. The molecular weight excluding hydrogens is 488 g/mol. The van der Waals surface area contributed by atoms with Crippen LogP contribution in [0, 0.1) is 5.82 Å². The molecule has 0 bridgehead atoms. The van der Waals surface area contributed by atoms with E-state index in [-0.39, 0.29) is 36.5 Å². The Labute approximate surface area is 209 Å². The minimum atomic E-state index is -1.46. The number of likely N-dealkylation sites (tertiary alicyclic amines) is 1. The predicted octanol–water partition coefficient (Wildman–Crippen LogP) is 2.04. The number of carbonyl (C=O) groups is 4. The van der Waals surface area contributed by atoms with Crippen molar-refractivity contribution in [3.63, 3.8) is 0 Å². The van der Waals surface area contributed by atoms with Crippen LogP contribution in [0.15, 0.2) is 48.5 Å². The van der Waals surface area contributed by atoms with Crippen LogP contribution in [0.2, 0.25) is 0 Å². The van der Waals surface area contributed by atoms with E-state index in [9.17, 15) is 28.0 Å². The van der Waals surface area contributed by atoms with Crippen molar-refractivity contribution in [2.45, 2.75) is 25.2 Å². The van der Waals surface area contributed by atoms with Gasteiger partial charge < -0.3 is 20.7 Å². The second-order valence-corrected chi connectivity index (χ2v) is 8.34. The Bertz CT molecular complexity index is 1420. The summed E-state index contributed by atoms with van der Waals surface area (Å²) in [5, 5.41) is 6.99. The summed E-state index contributed by atoms with van der Waals surface area (Å²) in [7, 11) is 1.18. The molecular formula is C25H23F2N5O5. The van der Waals surface area contributed by atoms with Crippen LogP contribution in [0.1, 0.15) is 22.5 Å². The lowest BCUT2D eigenvalue weighted by Crippen LogP contribution is -2.44. The van der Waals surface area contributed by atoms with Gasteiger partial charge in [0.05, 0.1) is 24.9 Å². The maximum Gasteiger partial charge on any atom is 0.330 e. The Morgan fingerprint density at radius 2 is 1.95 bits per heavy atom. The van der Waals surface area contributed by atoms with E-state index in [1.807, 2.05) is 0 Å². The van der Waals surface area contributed by atoms with Crippen molar-refractivity contribution in [3.8, 4) is 0 Å². The molecule has 1 fully saturated rings. The van der Waals surface area contributed by atoms with Gasteiger partial charge in [0, 0.05) is 23.4 Å². The molecule has 37 heavy (non-hydrogen) atoms. The first-order chi connectivity index (χ1) is 17.7. The summed E-state index contributed by atoms with van der Waals surface area (Å²) in [6.45, 7) is -0.699. The topological polar surface area (TPSA) is 137 Å². The molecule has 0 spiro atoms. The lowest BCUT2D eigenvalue weighted by Gasteiger charge is -2.24. The van der Waals surface area contributed by atoms with Crippen molar-refractivity contribution in [1.82, 2.24) is 14.7 Å². The van der Waals surface area contributed by atoms with Crippen LogP contribution in [0.3, 0.4) is 0 Å². The summed E-state index contributed by atoms with van der Waals surface area (Å²) in [4.78, 5) is 50.2. The van der Waals surface area contributed by atoms with Crippen LogP contribution in [-0.4, -0.2) is 64.2 Å². The minimum Gasteiger partial charge on any atom is -0.466 e. The summed E-state index contributed by atoms with van der Waals surface area (Å²) in [5.74, 6) is -3.65. The molecule has 1 aromatic heterocycles. The van der Waals surface area contributed by atoms with Crippen molar-refractivity contribution in [2.75, 3.05) is 19.0 Å². The number of hydrogen-bond acceptors (Lipinski definition) is 6. The number of ether oxygens (including phenoxy) is 1. The highest BCUT2D eigenvalue weighted by Crippen LogP contribution is 2.25. The molecule has 1 aliphatic heterocycles. The standard InChI is InChI=1S/C25H23F2N5O5/c1-37-21(34)10-9-14-5-4-7-17(22(14)27)29-25(36)19-11-15(26)12-31(19)20(33)13-32-18-8-3-2-6-16(18)23(30-32)24(28)35/h2-10,15,19H,11-13H2,1H3,(H2,28,35)(H,29,36)/t15-,19+/m1/s1. The summed E-state index contributed by atoms with van der Waals surface area (Å²) in [6.07, 6.45) is 0.481. The number of amides is 3. The zero-order chi connectivity index (χ0) is 26.7. The van der Waals surface area contributed by atoms with E-state index in [0.717, 1.165) is 11.0 Å². The van der Waals surface area contributed by atoms with Gasteiger partial charge in [-0.2, -0.15) is 5.10 Å². The fourth-order valence-electron chi connectivity index (χ4n) is 4.17. The van der Waals surface area contributed by atoms with Crippen molar-refractivity contribution in [3.05, 3.63) is 65.6 Å². The number of rotatable bonds is 7. The molecule has 2 atom stereocenters. The van der Waals surface area contributed by atoms with Gasteiger partial charge in [-0.15, -0.1) is 0 Å². The number of hydrogen-bond donors (Lipinski definition) is 2. The fraction of sp³-hybridized carbons (Fsp3) is 0.240. The first-order valence-electron chi connectivity index (χ1n) is 11.2. The van der Waals surface area contributed by atoms with Crippen molar-refractivity contribution >= 4 is 46.4 Å². The number of para-hydroxylation sites is 1. The van der Waals surface area contributed by atoms with E-state index in [2.05, 4.69) is 15.2 Å². The molecule has 2 aromatic carbocycles. The van der Waals surface area contributed by atoms with Crippen molar-refractivity contribution in [2.24, 2.45) is 5.73 Å². The number of primary amides is 1. The van der Waals surface area contributed by atoms with Crippen LogP contribution < -0.4 is 11.1 Å². The molecule has 3 amide bonds. The summed E-state index contributed by atoms with van der Waals surface area (Å²) in [5.41, 5.74) is 5.67. The van der Waals surface area contributed by atoms with E-state index in [0.29, 0.717) is 10.9 Å². The summed E-state index contributed by atoms with van der Waals surface area (Å²) >= 11 is 0. The van der Waals surface area contributed by atoms with Crippen LogP contribution in [-0.2, 0) is 25.7 Å². The maximum absolute atomic E-state index is 14.9. The lowest BCUT2D eigenvalue weighted by atomic mass is 10.1. The Morgan fingerprint density at radius 3 is 2.68 bits per heavy atom. The molecule has 3 N–H and O–H groups in total. The second-order valence-electron chi connectivity index (χ2n) is 8.34. The number of halogens is 2. The normalized spacial score (nSPS) is 17.3. The van der Waals surface area contributed by atoms with Crippen LogP contribution in [0.25, 0.3) is 17.0 Å². The van der Waals surface area contributed by atoms with Gasteiger partial charge in [-0.3, -0.25) is 19.1 Å². The molecule has 0 saturated carbocycles. The van der Waals surface area contributed by atoms with Gasteiger partial charge in [0.25, 0.3) is 5.91 Å². The van der Waals surface area contributed by atoms with E-state index in [1.165, 1.54) is 36.1 Å². The molecule has 0 unspecified atom stereocenters. The van der Waals surface area contributed by atoms with Gasteiger partial charge in [0.15, 0.2) is 11.5 Å². The Hall–Kier alpha value is -4.61. The highest BCUT2D eigenvalue weighted by Gasteiger charge is 2.40. The summed E-state index contributed by atoms with van der Waals surface area (Å²) < 4.78 is 35.0. The minimum absolute atomic E-state index is 0.0147. The zero-order valence-electron chi connectivity index (χ0n) is 19.7. The van der Waals surface area contributed by atoms with E-state index in [1.54, 1.807) is 24.3 Å². The third kappa shape index (κ3) is 5.32. The third-order valence-corrected chi connectivity index (χ3v) is 5.94. The van der Waals surface area contributed by atoms with E-state index in [4.69, 9.17) is 5.73 Å². The van der Waals surface area contributed by atoms with Crippen LogP contribution in [0.4, 0.5) is 14.5 Å². The quantitative estimate of drug-likeness (QED) is 0.368. The highest BCUT2D eigenvalue weighted by atomic mass is 19.1. The van der Waals surface area contributed by atoms with Crippen molar-refractivity contribution < 1.29 is 32.7 Å². The largest absolute Gasteiger partial charge is 0.466 e. The number of fused-ring (bicyclic) bond motifs is 1. The molecule has 2 heterocycles. The summed E-state index contributed by atoms with van der Waals surface area (Å²) in [6, 6.07) is 9.63. The Morgan fingerprint density at radius 1 is 1.19 bits per heavy atom. The molecule has 1 aliphatic rings.